The summed E-state index contributed by atoms with van der Waals surface area (Å²) in [5, 5.41) is 58.5. The number of carbonyl (C=O) groups is 3. The fourth-order valence-corrected chi connectivity index (χ4v) is 0.841. The Balaban J connectivity index is -0.000000151. The van der Waals surface area contributed by atoms with Crippen molar-refractivity contribution in [1.29, 1.82) is 0 Å². The molecule has 0 aliphatic rings. The molecule has 170 valence electrons. The molecule has 0 atom stereocenters. The first-order valence-corrected chi connectivity index (χ1v) is 8.27. The molecule has 0 fully saturated rings. The molecule has 0 rings (SSSR count). The minimum absolute atomic E-state index is 0.0156. The Kier molecular flexibility index (Phi) is 23.7. The maximum absolute atomic E-state index is 9.60. The molecule has 0 aromatic carbocycles. The molecule has 0 spiro atoms. The zero-order valence-corrected chi connectivity index (χ0v) is 17.2. The quantitative estimate of drug-likeness (QED) is 0.260. The highest BCUT2D eigenvalue weighted by Crippen LogP contribution is 2.21. The van der Waals surface area contributed by atoms with Crippen molar-refractivity contribution in [3.05, 3.63) is 36.5 Å². The number of carboxylic acids is 3. The first-order valence-electron chi connectivity index (χ1n) is 8.27. The van der Waals surface area contributed by atoms with Gasteiger partial charge in [0.1, 0.15) is 0 Å². The van der Waals surface area contributed by atoms with Gasteiger partial charge in [-0.2, -0.15) is 0 Å². The van der Waals surface area contributed by atoms with Gasteiger partial charge in [0.15, 0.2) is 0 Å². The molecule has 0 aromatic rings. The van der Waals surface area contributed by atoms with Crippen LogP contribution in [-0.2, 0) is 14.4 Å². The lowest BCUT2D eigenvalue weighted by Gasteiger charge is -2.26. The van der Waals surface area contributed by atoms with E-state index in [0.717, 1.165) is 0 Å². The molecule has 10 heteroatoms. The van der Waals surface area contributed by atoms with E-state index in [2.05, 4.69) is 19.7 Å². The van der Waals surface area contributed by atoms with Crippen LogP contribution >= 0.6 is 0 Å². The van der Waals surface area contributed by atoms with Crippen molar-refractivity contribution < 1.29 is 50.1 Å². The number of rotatable bonds is 9. The third kappa shape index (κ3) is 25.5. The number of hydrogen-bond donors (Lipinski definition) is 7. The van der Waals surface area contributed by atoms with Crippen LogP contribution in [0.1, 0.15) is 33.6 Å². The van der Waals surface area contributed by atoms with Gasteiger partial charge < -0.3 is 35.7 Å². The molecule has 0 heterocycles. The molecule has 0 aliphatic carbocycles. The SMILES string of the molecule is C=C(C)C(=O)O.C=C(C)C(=O)O.C=C(C)C(=O)O.OCCCC(CO)(CO)CO. The van der Waals surface area contributed by atoms with Gasteiger partial charge >= 0.3 is 17.9 Å². The summed E-state index contributed by atoms with van der Waals surface area (Å²) in [7, 11) is 0. The molecule has 0 saturated carbocycles. The van der Waals surface area contributed by atoms with Gasteiger partial charge in [0, 0.05) is 28.7 Å². The minimum Gasteiger partial charge on any atom is -0.478 e. The average molecular weight is 422 g/mol. The smallest absolute Gasteiger partial charge is 0.330 e. The van der Waals surface area contributed by atoms with Crippen LogP contribution in [0.15, 0.2) is 36.5 Å². The summed E-state index contributed by atoms with van der Waals surface area (Å²) in [6.45, 7) is 13.1. The Morgan fingerprint density at radius 2 is 0.862 bits per heavy atom. The van der Waals surface area contributed by atoms with E-state index in [4.69, 9.17) is 35.7 Å². The fraction of sp³-hybridized carbons (Fsp3) is 0.526. The summed E-state index contributed by atoms with van der Waals surface area (Å²) >= 11 is 0. The Morgan fingerprint density at radius 3 is 0.966 bits per heavy atom. The molecule has 0 radical (unpaired) electrons. The summed E-state index contributed by atoms with van der Waals surface area (Å²) in [6.07, 6.45) is 0.925. The van der Waals surface area contributed by atoms with Crippen molar-refractivity contribution in [2.24, 2.45) is 5.41 Å². The number of carboxylic acid groups (broad SMARTS) is 3. The van der Waals surface area contributed by atoms with Crippen LogP contribution in [0, 0.1) is 5.41 Å². The maximum atomic E-state index is 9.60. The second-order valence-electron chi connectivity index (χ2n) is 6.06. The van der Waals surface area contributed by atoms with Gasteiger partial charge in [0.25, 0.3) is 0 Å². The maximum Gasteiger partial charge on any atom is 0.330 e. The van der Waals surface area contributed by atoms with E-state index < -0.39 is 23.3 Å². The van der Waals surface area contributed by atoms with Crippen molar-refractivity contribution in [3.8, 4) is 0 Å². The predicted molar refractivity (Wildman–Crippen MR) is 107 cm³/mol. The van der Waals surface area contributed by atoms with E-state index in [9.17, 15) is 14.4 Å². The Labute approximate surface area is 170 Å². The third-order valence-electron chi connectivity index (χ3n) is 2.97. The number of aliphatic carboxylic acids is 3. The van der Waals surface area contributed by atoms with Crippen LogP contribution < -0.4 is 0 Å². The summed E-state index contributed by atoms with van der Waals surface area (Å²) < 4.78 is 0. The van der Waals surface area contributed by atoms with Crippen LogP contribution in [0.5, 0.6) is 0 Å². The van der Waals surface area contributed by atoms with E-state index >= 15 is 0 Å². The average Bonchev–Trinajstić information content (AvgIpc) is 2.64. The molecule has 0 unspecified atom stereocenters. The van der Waals surface area contributed by atoms with Crippen LogP contribution in [0.4, 0.5) is 0 Å². The Bertz CT molecular complexity index is 432. The highest BCUT2D eigenvalue weighted by atomic mass is 16.4. The molecule has 29 heavy (non-hydrogen) atoms. The van der Waals surface area contributed by atoms with E-state index in [1.54, 1.807) is 0 Å². The van der Waals surface area contributed by atoms with E-state index in [1.165, 1.54) is 20.8 Å². The van der Waals surface area contributed by atoms with Gasteiger partial charge in [0.2, 0.25) is 0 Å². The van der Waals surface area contributed by atoms with Crippen molar-refractivity contribution in [2.75, 3.05) is 26.4 Å². The van der Waals surface area contributed by atoms with Crippen molar-refractivity contribution in [3.63, 3.8) is 0 Å². The first-order chi connectivity index (χ1) is 13.2. The molecule has 0 saturated heterocycles. The lowest BCUT2D eigenvalue weighted by atomic mass is 9.86. The monoisotopic (exact) mass is 422 g/mol. The van der Waals surface area contributed by atoms with Crippen molar-refractivity contribution in [2.45, 2.75) is 33.6 Å². The molecule has 0 bridgehead atoms. The summed E-state index contributed by atoms with van der Waals surface area (Å²) in [5.41, 5.74) is -0.289. The zero-order valence-electron chi connectivity index (χ0n) is 17.2. The molecule has 0 aromatic heterocycles. The second-order valence-corrected chi connectivity index (χ2v) is 6.06. The number of hydrogen-bond acceptors (Lipinski definition) is 7. The second kappa shape index (κ2) is 20.2. The molecular formula is C19H34O10. The van der Waals surface area contributed by atoms with Crippen molar-refractivity contribution >= 4 is 17.9 Å². The first kappa shape index (κ1) is 34.0. The third-order valence-corrected chi connectivity index (χ3v) is 2.97. The molecule has 10 nitrogen and oxygen atoms in total. The normalized spacial score (nSPS) is 9.21. The Hall–Kier alpha value is -2.53. The predicted octanol–water partition coefficient (Wildman–Crippen LogP) is 0.664. The minimum atomic E-state index is -0.935. The van der Waals surface area contributed by atoms with E-state index in [1.807, 2.05) is 0 Å². The lowest BCUT2D eigenvalue weighted by molar-refractivity contribution is -0.133. The van der Waals surface area contributed by atoms with Crippen LogP contribution in [-0.4, -0.2) is 80.1 Å². The van der Waals surface area contributed by atoms with Gasteiger partial charge in [-0.05, 0) is 33.6 Å². The standard InChI is InChI=1S/C7H16O4.3C4H6O2/c8-3-1-2-7(4-9,5-10)6-11;3*1-3(2)4(5)6/h8-11H,1-6H2;3*1H2,2H3,(H,5,6). The van der Waals surface area contributed by atoms with Gasteiger partial charge in [0.05, 0.1) is 19.8 Å². The largest absolute Gasteiger partial charge is 0.478 e. The van der Waals surface area contributed by atoms with Crippen LogP contribution in [0.2, 0.25) is 0 Å². The van der Waals surface area contributed by atoms with Crippen LogP contribution in [0.25, 0.3) is 0 Å². The highest BCUT2D eigenvalue weighted by molar-refractivity contribution is 5.85. The van der Waals surface area contributed by atoms with Gasteiger partial charge in [-0.15, -0.1) is 0 Å². The van der Waals surface area contributed by atoms with Gasteiger partial charge in [-0.25, -0.2) is 14.4 Å². The van der Waals surface area contributed by atoms with Crippen LogP contribution in [0.3, 0.4) is 0 Å². The molecule has 0 amide bonds. The Morgan fingerprint density at radius 1 is 0.655 bits per heavy atom. The summed E-state index contributed by atoms with van der Waals surface area (Å²) in [6, 6.07) is 0. The zero-order chi connectivity index (χ0) is 24.2. The van der Waals surface area contributed by atoms with E-state index in [-0.39, 0.29) is 43.1 Å². The van der Waals surface area contributed by atoms with E-state index in [0.29, 0.717) is 12.8 Å². The highest BCUT2D eigenvalue weighted by Gasteiger charge is 2.26. The molecule has 0 aliphatic heterocycles. The number of aliphatic hydroxyl groups is 4. The summed E-state index contributed by atoms with van der Waals surface area (Å²) in [5.74, 6) is -2.81. The summed E-state index contributed by atoms with van der Waals surface area (Å²) in [4.78, 5) is 28.8. The topological polar surface area (TPSA) is 193 Å². The van der Waals surface area contributed by atoms with Gasteiger partial charge in [-0.1, -0.05) is 19.7 Å². The lowest BCUT2D eigenvalue weighted by Crippen LogP contribution is -2.34. The molecular weight excluding hydrogens is 388 g/mol. The number of aliphatic hydroxyl groups excluding tert-OH is 4. The van der Waals surface area contributed by atoms with Gasteiger partial charge in [-0.3, -0.25) is 0 Å². The molecule has 7 N–H and O–H groups in total. The fourth-order valence-electron chi connectivity index (χ4n) is 0.841. The van der Waals surface area contributed by atoms with Crippen molar-refractivity contribution in [1.82, 2.24) is 0 Å².